The summed E-state index contributed by atoms with van der Waals surface area (Å²) in [4.78, 5) is 14.3. The summed E-state index contributed by atoms with van der Waals surface area (Å²) in [6.07, 6.45) is 1.23. The number of halogens is 1. The molecule has 2 aromatic carbocycles. The Hall–Kier alpha value is -2.52. The first-order chi connectivity index (χ1) is 13.2. The van der Waals surface area contributed by atoms with Gasteiger partial charge in [-0.05, 0) is 65.7 Å². The van der Waals surface area contributed by atoms with Crippen molar-refractivity contribution in [3.05, 3.63) is 53.0 Å². The van der Waals surface area contributed by atoms with Crippen LogP contribution in [0.4, 0.5) is 5.69 Å². The molecule has 0 atom stereocenters. The molecule has 27 heavy (non-hydrogen) atoms. The molecular weight excluding hydrogens is 408 g/mol. The molecular formula is C21H23BrN2O3. The van der Waals surface area contributed by atoms with Crippen molar-refractivity contribution in [1.29, 1.82) is 5.26 Å². The molecule has 0 aliphatic rings. The van der Waals surface area contributed by atoms with Crippen LogP contribution < -0.4 is 14.4 Å². The average molecular weight is 431 g/mol. The lowest BCUT2D eigenvalue weighted by molar-refractivity contribution is -0.118. The number of amides is 1. The molecule has 142 valence electrons. The van der Waals surface area contributed by atoms with E-state index in [4.69, 9.17) is 14.7 Å². The van der Waals surface area contributed by atoms with E-state index in [1.54, 1.807) is 4.90 Å². The summed E-state index contributed by atoms with van der Waals surface area (Å²) >= 11 is 3.44. The number of para-hydroxylation sites is 1. The van der Waals surface area contributed by atoms with Gasteiger partial charge < -0.3 is 14.4 Å². The topological polar surface area (TPSA) is 62.6 Å². The highest BCUT2D eigenvalue weighted by Gasteiger charge is 2.15. The van der Waals surface area contributed by atoms with Crippen LogP contribution in [0.25, 0.3) is 0 Å². The summed E-state index contributed by atoms with van der Waals surface area (Å²) in [5.74, 6) is 1.50. The third-order valence-corrected chi connectivity index (χ3v) is 4.49. The van der Waals surface area contributed by atoms with Crippen LogP contribution in [-0.2, 0) is 4.79 Å². The summed E-state index contributed by atoms with van der Waals surface area (Å²) in [6.45, 7) is 3.33. The Morgan fingerprint density at radius 2 is 1.89 bits per heavy atom. The van der Waals surface area contributed by atoms with Crippen LogP contribution in [0.2, 0.25) is 0 Å². The third-order valence-electron chi connectivity index (χ3n) is 3.84. The van der Waals surface area contributed by atoms with Crippen molar-refractivity contribution >= 4 is 27.5 Å². The van der Waals surface area contributed by atoms with Crippen molar-refractivity contribution in [2.45, 2.75) is 26.2 Å². The summed E-state index contributed by atoms with van der Waals surface area (Å²) in [5, 5.41) is 8.89. The fraction of sp³-hybridized carbons (Fsp3) is 0.333. The monoisotopic (exact) mass is 430 g/mol. The number of benzene rings is 2. The highest BCUT2D eigenvalue weighted by Crippen LogP contribution is 2.24. The largest absolute Gasteiger partial charge is 0.494 e. The summed E-state index contributed by atoms with van der Waals surface area (Å²) in [5.41, 5.74) is 0.769. The van der Waals surface area contributed by atoms with Crippen LogP contribution in [0.5, 0.6) is 11.5 Å². The standard InChI is InChI=1S/C21H23BrN2O3/c1-2-26-18-12-10-17(11-13-18)24(15-6-14-23)21(25)9-5-16-27-20-8-4-3-7-19(20)22/h3-4,7-8,10-13H,2,5-6,9,15-16H2,1H3. The van der Waals surface area contributed by atoms with Gasteiger partial charge in [0, 0.05) is 18.7 Å². The molecule has 1 amide bonds. The Bertz CT molecular complexity index is 772. The quantitative estimate of drug-likeness (QED) is 0.500. The molecule has 0 aliphatic carbocycles. The minimum absolute atomic E-state index is 0.0230. The second kappa shape index (κ2) is 11.2. The van der Waals surface area contributed by atoms with Gasteiger partial charge in [0.2, 0.25) is 5.91 Å². The van der Waals surface area contributed by atoms with Crippen LogP contribution >= 0.6 is 15.9 Å². The van der Waals surface area contributed by atoms with Crippen molar-refractivity contribution < 1.29 is 14.3 Å². The van der Waals surface area contributed by atoms with Crippen LogP contribution in [0.1, 0.15) is 26.2 Å². The van der Waals surface area contributed by atoms with Crippen molar-refractivity contribution in [1.82, 2.24) is 0 Å². The zero-order chi connectivity index (χ0) is 19.5. The lowest BCUT2D eigenvalue weighted by Gasteiger charge is -2.22. The van der Waals surface area contributed by atoms with E-state index < -0.39 is 0 Å². The SMILES string of the molecule is CCOc1ccc(N(CCC#N)C(=O)CCCOc2ccccc2Br)cc1. The first-order valence-electron chi connectivity index (χ1n) is 8.93. The minimum atomic E-state index is -0.0230. The lowest BCUT2D eigenvalue weighted by atomic mass is 10.2. The number of hydrogen-bond acceptors (Lipinski definition) is 4. The predicted octanol–water partition coefficient (Wildman–Crippen LogP) is 4.95. The van der Waals surface area contributed by atoms with E-state index in [1.807, 2.05) is 55.5 Å². The van der Waals surface area contributed by atoms with Gasteiger partial charge in [-0.1, -0.05) is 12.1 Å². The molecule has 0 aromatic heterocycles. The highest BCUT2D eigenvalue weighted by molar-refractivity contribution is 9.10. The second-order valence-electron chi connectivity index (χ2n) is 5.76. The van der Waals surface area contributed by atoms with E-state index in [9.17, 15) is 4.79 Å². The van der Waals surface area contributed by atoms with Gasteiger partial charge in [-0.2, -0.15) is 5.26 Å². The van der Waals surface area contributed by atoms with Crippen molar-refractivity contribution in [2.24, 2.45) is 0 Å². The van der Waals surface area contributed by atoms with Gasteiger partial charge in [0.25, 0.3) is 0 Å². The molecule has 0 unspecified atom stereocenters. The van der Waals surface area contributed by atoms with E-state index in [-0.39, 0.29) is 12.3 Å². The fourth-order valence-corrected chi connectivity index (χ4v) is 2.95. The van der Waals surface area contributed by atoms with E-state index in [0.717, 1.165) is 21.7 Å². The molecule has 5 nitrogen and oxygen atoms in total. The molecule has 2 aromatic rings. The molecule has 2 rings (SSSR count). The number of hydrogen-bond donors (Lipinski definition) is 0. The first-order valence-corrected chi connectivity index (χ1v) is 9.72. The van der Waals surface area contributed by atoms with E-state index in [1.165, 1.54) is 0 Å². The molecule has 0 saturated heterocycles. The zero-order valence-corrected chi connectivity index (χ0v) is 16.9. The predicted molar refractivity (Wildman–Crippen MR) is 109 cm³/mol. The fourth-order valence-electron chi connectivity index (χ4n) is 2.55. The molecule has 0 spiro atoms. The van der Waals surface area contributed by atoms with Crippen LogP contribution in [0, 0.1) is 11.3 Å². The van der Waals surface area contributed by atoms with Crippen molar-refractivity contribution in [3.63, 3.8) is 0 Å². The Labute approximate surface area is 168 Å². The normalized spacial score (nSPS) is 10.1. The number of anilines is 1. The third kappa shape index (κ3) is 6.61. The first kappa shape index (κ1) is 20.8. The van der Waals surface area contributed by atoms with Gasteiger partial charge in [-0.15, -0.1) is 0 Å². The maximum Gasteiger partial charge on any atom is 0.227 e. The molecule has 0 aliphatic heterocycles. The number of ether oxygens (including phenoxy) is 2. The number of nitriles is 1. The maximum atomic E-state index is 12.7. The second-order valence-corrected chi connectivity index (χ2v) is 6.62. The Balaban J connectivity index is 1.92. The Morgan fingerprint density at radius 3 is 2.56 bits per heavy atom. The van der Waals surface area contributed by atoms with E-state index in [2.05, 4.69) is 22.0 Å². The minimum Gasteiger partial charge on any atom is -0.494 e. The molecule has 0 radical (unpaired) electrons. The van der Waals surface area contributed by atoms with Crippen LogP contribution in [-0.4, -0.2) is 25.7 Å². The Kier molecular flexibility index (Phi) is 8.66. The highest BCUT2D eigenvalue weighted by atomic mass is 79.9. The number of carbonyl (C=O) groups is 1. The molecule has 0 N–H and O–H groups in total. The zero-order valence-electron chi connectivity index (χ0n) is 15.4. The summed E-state index contributed by atoms with van der Waals surface area (Å²) < 4.78 is 12.0. The molecule has 0 heterocycles. The lowest BCUT2D eigenvalue weighted by Crippen LogP contribution is -2.31. The number of rotatable bonds is 10. The van der Waals surface area contributed by atoms with Crippen LogP contribution in [0.15, 0.2) is 53.0 Å². The maximum absolute atomic E-state index is 12.7. The summed E-state index contributed by atoms with van der Waals surface area (Å²) in [7, 11) is 0. The van der Waals surface area contributed by atoms with Gasteiger partial charge in [0.05, 0.1) is 30.2 Å². The van der Waals surface area contributed by atoms with E-state index in [0.29, 0.717) is 32.6 Å². The van der Waals surface area contributed by atoms with Gasteiger partial charge in [0.1, 0.15) is 11.5 Å². The Morgan fingerprint density at radius 1 is 1.15 bits per heavy atom. The molecule has 0 saturated carbocycles. The molecule has 6 heteroatoms. The molecule has 0 bridgehead atoms. The van der Waals surface area contributed by atoms with Gasteiger partial charge in [0.15, 0.2) is 0 Å². The van der Waals surface area contributed by atoms with Crippen molar-refractivity contribution in [3.8, 4) is 17.6 Å². The average Bonchev–Trinajstić information content (AvgIpc) is 2.68. The smallest absolute Gasteiger partial charge is 0.227 e. The van der Waals surface area contributed by atoms with E-state index >= 15 is 0 Å². The number of nitrogens with zero attached hydrogens (tertiary/aromatic N) is 2. The summed E-state index contributed by atoms with van der Waals surface area (Å²) in [6, 6.07) is 17.1. The van der Waals surface area contributed by atoms with Crippen molar-refractivity contribution in [2.75, 3.05) is 24.7 Å². The van der Waals surface area contributed by atoms with Crippen LogP contribution in [0.3, 0.4) is 0 Å². The molecule has 0 fully saturated rings. The van der Waals surface area contributed by atoms with Gasteiger partial charge >= 0.3 is 0 Å². The number of carbonyl (C=O) groups excluding carboxylic acids is 1. The van der Waals surface area contributed by atoms with Gasteiger partial charge in [-0.3, -0.25) is 4.79 Å². The van der Waals surface area contributed by atoms with Gasteiger partial charge in [-0.25, -0.2) is 0 Å².